The van der Waals surface area contributed by atoms with Crippen molar-refractivity contribution in [3.8, 4) is 0 Å². The molecule has 1 saturated carbocycles. The molecule has 3 nitrogen and oxygen atoms in total. The van der Waals surface area contributed by atoms with Gasteiger partial charge in [-0.3, -0.25) is 9.59 Å². The predicted molar refractivity (Wildman–Crippen MR) is 90.7 cm³/mol. The summed E-state index contributed by atoms with van der Waals surface area (Å²) in [6, 6.07) is 9.30. The van der Waals surface area contributed by atoms with E-state index in [4.69, 9.17) is 0 Å². The number of hydrogen-bond donors (Lipinski definition) is 0. The van der Waals surface area contributed by atoms with E-state index in [2.05, 4.69) is 0 Å². The zero-order valence-electron chi connectivity index (χ0n) is 13.1. The molecule has 2 atom stereocenters. The Morgan fingerprint density at radius 1 is 1.00 bits per heavy atom. The fourth-order valence-corrected chi connectivity index (χ4v) is 3.20. The number of carbonyl (C=O) groups is 2. The lowest BCUT2D eigenvalue weighted by atomic mass is 9.77. The van der Waals surface area contributed by atoms with E-state index in [0.29, 0.717) is 18.5 Å². The molecule has 0 aromatic heterocycles. The SMILES string of the molecule is O=C1CC(C(=O)c2ccccc2)CCC1CN1C=CC=CC=C1. The van der Waals surface area contributed by atoms with E-state index in [9.17, 15) is 9.59 Å². The molecule has 2 aliphatic rings. The number of Topliss-reactive ketones (excluding diaryl/α,β-unsaturated/α-hetero) is 2. The lowest BCUT2D eigenvalue weighted by Gasteiger charge is -2.29. The highest BCUT2D eigenvalue weighted by molar-refractivity contribution is 6.00. The van der Waals surface area contributed by atoms with Crippen LogP contribution in [0.4, 0.5) is 0 Å². The summed E-state index contributed by atoms with van der Waals surface area (Å²) in [7, 11) is 0. The van der Waals surface area contributed by atoms with E-state index in [1.165, 1.54) is 0 Å². The van der Waals surface area contributed by atoms with E-state index in [0.717, 1.165) is 12.8 Å². The smallest absolute Gasteiger partial charge is 0.166 e. The average molecular weight is 307 g/mol. The van der Waals surface area contributed by atoms with Crippen LogP contribution in [0.2, 0.25) is 0 Å². The Balaban J connectivity index is 1.59. The highest BCUT2D eigenvalue weighted by atomic mass is 16.1. The topological polar surface area (TPSA) is 37.4 Å². The summed E-state index contributed by atoms with van der Waals surface area (Å²) in [4.78, 5) is 27.0. The van der Waals surface area contributed by atoms with Gasteiger partial charge in [-0.05, 0) is 25.0 Å². The molecule has 0 radical (unpaired) electrons. The van der Waals surface area contributed by atoms with Crippen molar-refractivity contribution in [2.24, 2.45) is 11.8 Å². The Hall–Kier alpha value is -2.42. The zero-order valence-corrected chi connectivity index (χ0v) is 13.1. The first-order valence-electron chi connectivity index (χ1n) is 8.13. The lowest BCUT2D eigenvalue weighted by molar-refractivity contribution is -0.125. The first kappa shape index (κ1) is 15.5. The van der Waals surface area contributed by atoms with Gasteiger partial charge in [-0.25, -0.2) is 0 Å². The van der Waals surface area contributed by atoms with Crippen molar-refractivity contribution in [3.05, 3.63) is 72.6 Å². The van der Waals surface area contributed by atoms with Gasteiger partial charge in [0.25, 0.3) is 0 Å². The first-order chi connectivity index (χ1) is 11.2. The van der Waals surface area contributed by atoms with Gasteiger partial charge >= 0.3 is 0 Å². The van der Waals surface area contributed by atoms with Gasteiger partial charge in [-0.15, -0.1) is 0 Å². The van der Waals surface area contributed by atoms with Gasteiger partial charge in [0.1, 0.15) is 5.78 Å². The van der Waals surface area contributed by atoms with Crippen LogP contribution in [0.1, 0.15) is 29.6 Å². The number of ketones is 2. The van der Waals surface area contributed by atoms with Crippen molar-refractivity contribution in [1.29, 1.82) is 0 Å². The molecule has 1 aliphatic heterocycles. The fourth-order valence-electron chi connectivity index (χ4n) is 3.20. The molecule has 0 amide bonds. The minimum Gasteiger partial charge on any atom is -0.354 e. The number of carbonyl (C=O) groups excluding carboxylic acids is 2. The Morgan fingerprint density at radius 3 is 2.35 bits per heavy atom. The summed E-state index contributed by atoms with van der Waals surface area (Å²) >= 11 is 0. The number of rotatable bonds is 4. The molecule has 0 saturated heterocycles. The normalized spacial score (nSPS) is 23.8. The molecule has 0 bridgehead atoms. The van der Waals surface area contributed by atoms with Gasteiger partial charge in [-0.1, -0.05) is 42.5 Å². The first-order valence-corrected chi connectivity index (χ1v) is 8.13. The molecular weight excluding hydrogens is 286 g/mol. The van der Waals surface area contributed by atoms with E-state index >= 15 is 0 Å². The van der Waals surface area contributed by atoms with Gasteiger partial charge in [-0.2, -0.15) is 0 Å². The van der Waals surface area contributed by atoms with E-state index in [1.54, 1.807) is 0 Å². The van der Waals surface area contributed by atoms with Crippen molar-refractivity contribution >= 4 is 11.6 Å². The number of benzene rings is 1. The molecule has 23 heavy (non-hydrogen) atoms. The van der Waals surface area contributed by atoms with Crippen LogP contribution in [0.25, 0.3) is 0 Å². The second-order valence-corrected chi connectivity index (χ2v) is 6.14. The summed E-state index contributed by atoms with van der Waals surface area (Å²) in [5, 5.41) is 0. The van der Waals surface area contributed by atoms with Crippen molar-refractivity contribution in [2.45, 2.75) is 19.3 Å². The maximum Gasteiger partial charge on any atom is 0.166 e. The van der Waals surface area contributed by atoms with Crippen LogP contribution in [0, 0.1) is 11.8 Å². The Bertz CT molecular complexity index is 641. The number of hydrogen-bond acceptors (Lipinski definition) is 3. The second-order valence-electron chi connectivity index (χ2n) is 6.14. The van der Waals surface area contributed by atoms with Crippen LogP contribution in [0.3, 0.4) is 0 Å². The van der Waals surface area contributed by atoms with Crippen molar-refractivity contribution in [3.63, 3.8) is 0 Å². The van der Waals surface area contributed by atoms with E-state index in [1.807, 2.05) is 71.9 Å². The molecule has 2 unspecified atom stereocenters. The lowest BCUT2D eigenvalue weighted by Crippen LogP contribution is -2.34. The molecule has 3 heteroatoms. The second kappa shape index (κ2) is 7.23. The molecule has 0 N–H and O–H groups in total. The molecule has 1 heterocycles. The number of allylic oxidation sites excluding steroid dienone is 4. The quantitative estimate of drug-likeness (QED) is 0.795. The molecule has 1 aromatic rings. The van der Waals surface area contributed by atoms with Crippen molar-refractivity contribution in [1.82, 2.24) is 4.90 Å². The third-order valence-corrected chi connectivity index (χ3v) is 4.52. The van der Waals surface area contributed by atoms with Crippen LogP contribution in [-0.4, -0.2) is 23.0 Å². The van der Waals surface area contributed by atoms with Gasteiger partial charge in [0.15, 0.2) is 5.78 Å². The molecule has 1 fully saturated rings. The molecule has 0 spiro atoms. The Kier molecular flexibility index (Phi) is 4.86. The minimum atomic E-state index is -0.155. The zero-order chi connectivity index (χ0) is 16.1. The van der Waals surface area contributed by atoms with Crippen LogP contribution >= 0.6 is 0 Å². The summed E-state index contributed by atoms with van der Waals surface area (Å²) in [6.45, 7) is 0.694. The van der Waals surface area contributed by atoms with Crippen LogP contribution in [0.15, 0.2) is 67.0 Å². The van der Waals surface area contributed by atoms with Crippen molar-refractivity contribution < 1.29 is 9.59 Å². The van der Waals surface area contributed by atoms with Crippen LogP contribution in [0.5, 0.6) is 0 Å². The highest BCUT2D eigenvalue weighted by Crippen LogP contribution is 2.29. The summed E-state index contributed by atoms with van der Waals surface area (Å²) in [5.41, 5.74) is 0.716. The van der Waals surface area contributed by atoms with Crippen LogP contribution < -0.4 is 0 Å². The standard InChI is InChI=1S/C20H21NO2/c22-19-14-17(20(23)16-8-4-3-5-9-16)10-11-18(19)15-21-12-6-1-2-7-13-21/h1-9,12-13,17-18H,10-11,14-15H2. The fraction of sp³-hybridized carbons (Fsp3) is 0.300. The summed E-state index contributed by atoms with van der Waals surface area (Å²) in [5.74, 6) is 0.181. The molecular formula is C20H21NO2. The monoisotopic (exact) mass is 307 g/mol. The van der Waals surface area contributed by atoms with E-state index in [-0.39, 0.29) is 23.4 Å². The summed E-state index contributed by atoms with van der Waals surface area (Å²) < 4.78 is 0. The van der Waals surface area contributed by atoms with Gasteiger partial charge in [0.05, 0.1) is 0 Å². The Morgan fingerprint density at radius 2 is 1.70 bits per heavy atom. The van der Waals surface area contributed by atoms with Gasteiger partial charge in [0, 0.05) is 42.8 Å². The van der Waals surface area contributed by atoms with Gasteiger partial charge < -0.3 is 4.90 Å². The minimum absolute atomic E-state index is 0.0159. The molecule has 118 valence electrons. The Labute approximate surface area is 137 Å². The van der Waals surface area contributed by atoms with Crippen LogP contribution in [-0.2, 0) is 4.79 Å². The molecule has 3 rings (SSSR count). The number of nitrogens with zero attached hydrogens (tertiary/aromatic N) is 1. The largest absolute Gasteiger partial charge is 0.354 e. The third-order valence-electron chi connectivity index (χ3n) is 4.52. The maximum atomic E-state index is 12.5. The highest BCUT2D eigenvalue weighted by Gasteiger charge is 2.33. The third kappa shape index (κ3) is 3.86. The maximum absolute atomic E-state index is 12.5. The van der Waals surface area contributed by atoms with Crippen molar-refractivity contribution in [2.75, 3.05) is 6.54 Å². The molecule has 1 aromatic carbocycles. The summed E-state index contributed by atoms with van der Waals surface area (Å²) in [6.07, 6.45) is 13.8. The van der Waals surface area contributed by atoms with E-state index < -0.39 is 0 Å². The van der Waals surface area contributed by atoms with Gasteiger partial charge in [0.2, 0.25) is 0 Å². The average Bonchev–Trinajstić information content (AvgIpc) is 2.85. The molecule has 1 aliphatic carbocycles. The predicted octanol–water partition coefficient (Wildman–Crippen LogP) is 3.75.